The number of hydrogen-bond acceptors (Lipinski definition) is 6. The fraction of sp³-hybridized carbons (Fsp3) is 0.316. The molecule has 0 aromatic carbocycles. The average molecular weight is 396 g/mol. The van der Waals surface area contributed by atoms with Gasteiger partial charge in [-0.05, 0) is 30.4 Å². The van der Waals surface area contributed by atoms with Gasteiger partial charge < -0.3 is 9.80 Å². The van der Waals surface area contributed by atoms with E-state index in [0.717, 1.165) is 50.2 Å². The van der Waals surface area contributed by atoms with Gasteiger partial charge in [-0.15, -0.1) is 11.7 Å². The average Bonchev–Trinajstić information content (AvgIpc) is 3.06. The van der Waals surface area contributed by atoms with Gasteiger partial charge in [0.2, 0.25) is 10.7 Å². The molecule has 144 valence electrons. The Kier molecular flexibility index (Phi) is 5.54. The van der Waals surface area contributed by atoms with Gasteiger partial charge in [0.05, 0.1) is 26.2 Å². The SMILES string of the molecule is C=CCn1c(-c2cccnc2)nn(C[NH+]2CCN(c3ncccn3)CC2)c1=S. The van der Waals surface area contributed by atoms with Crippen LogP contribution in [0.1, 0.15) is 0 Å². The fourth-order valence-corrected chi connectivity index (χ4v) is 3.66. The summed E-state index contributed by atoms with van der Waals surface area (Å²) in [6, 6.07) is 5.75. The maximum atomic E-state index is 5.70. The van der Waals surface area contributed by atoms with Crippen LogP contribution in [0.15, 0.2) is 55.6 Å². The van der Waals surface area contributed by atoms with Crippen molar-refractivity contribution in [2.75, 3.05) is 31.1 Å². The van der Waals surface area contributed by atoms with Crippen LogP contribution in [-0.2, 0) is 13.2 Å². The Morgan fingerprint density at radius 1 is 1.14 bits per heavy atom. The molecule has 4 heterocycles. The molecule has 4 rings (SSSR count). The van der Waals surface area contributed by atoms with E-state index in [2.05, 4.69) is 26.4 Å². The van der Waals surface area contributed by atoms with E-state index in [1.165, 1.54) is 4.90 Å². The Morgan fingerprint density at radius 3 is 2.61 bits per heavy atom. The zero-order valence-electron chi connectivity index (χ0n) is 15.6. The predicted molar refractivity (Wildman–Crippen MR) is 109 cm³/mol. The molecule has 28 heavy (non-hydrogen) atoms. The second kappa shape index (κ2) is 8.41. The minimum Gasteiger partial charge on any atom is -0.330 e. The molecule has 9 heteroatoms. The van der Waals surface area contributed by atoms with Gasteiger partial charge in [-0.25, -0.2) is 9.97 Å². The smallest absolute Gasteiger partial charge is 0.225 e. The number of allylic oxidation sites excluding steroid dienone is 1. The third kappa shape index (κ3) is 3.85. The highest BCUT2D eigenvalue weighted by atomic mass is 32.1. The fourth-order valence-electron chi connectivity index (χ4n) is 3.39. The van der Waals surface area contributed by atoms with Crippen LogP contribution in [0.25, 0.3) is 11.4 Å². The number of nitrogens with one attached hydrogen (secondary N) is 1. The number of pyridine rings is 1. The molecule has 0 atom stereocenters. The van der Waals surface area contributed by atoms with Crippen molar-refractivity contribution in [1.82, 2.24) is 29.3 Å². The summed E-state index contributed by atoms with van der Waals surface area (Å²) in [5, 5.41) is 4.80. The minimum absolute atomic E-state index is 0.623. The van der Waals surface area contributed by atoms with Gasteiger partial charge in [0.1, 0.15) is 0 Å². The van der Waals surface area contributed by atoms with Crippen molar-refractivity contribution in [1.29, 1.82) is 0 Å². The lowest BCUT2D eigenvalue weighted by atomic mass is 10.3. The molecule has 0 bridgehead atoms. The lowest BCUT2D eigenvalue weighted by Gasteiger charge is -2.31. The van der Waals surface area contributed by atoms with Crippen LogP contribution in [0.4, 0.5) is 5.95 Å². The van der Waals surface area contributed by atoms with Gasteiger partial charge >= 0.3 is 0 Å². The van der Waals surface area contributed by atoms with Crippen molar-refractivity contribution < 1.29 is 4.90 Å². The number of rotatable bonds is 6. The Labute approximate surface area is 168 Å². The molecule has 3 aromatic rings. The van der Waals surface area contributed by atoms with E-state index in [9.17, 15) is 0 Å². The summed E-state index contributed by atoms with van der Waals surface area (Å²) in [6.45, 7) is 9.00. The zero-order chi connectivity index (χ0) is 19.3. The highest BCUT2D eigenvalue weighted by Crippen LogP contribution is 2.17. The van der Waals surface area contributed by atoms with E-state index in [1.54, 1.807) is 18.6 Å². The first-order chi connectivity index (χ1) is 13.8. The number of quaternary nitrogens is 1. The molecule has 1 aliphatic rings. The summed E-state index contributed by atoms with van der Waals surface area (Å²) in [5.41, 5.74) is 0.954. The molecule has 3 aromatic heterocycles. The van der Waals surface area contributed by atoms with E-state index in [0.29, 0.717) is 11.3 Å². The third-order valence-electron chi connectivity index (χ3n) is 4.83. The van der Waals surface area contributed by atoms with Crippen LogP contribution in [-0.4, -0.2) is 55.5 Å². The van der Waals surface area contributed by atoms with Crippen LogP contribution >= 0.6 is 12.2 Å². The molecule has 0 amide bonds. The second-order valence-electron chi connectivity index (χ2n) is 6.69. The number of piperazine rings is 1. The summed E-state index contributed by atoms with van der Waals surface area (Å²) < 4.78 is 4.64. The monoisotopic (exact) mass is 395 g/mol. The summed E-state index contributed by atoms with van der Waals surface area (Å²) in [7, 11) is 0. The summed E-state index contributed by atoms with van der Waals surface area (Å²) in [6.07, 6.45) is 8.98. The molecule has 1 fully saturated rings. The molecule has 1 N–H and O–H groups in total. The summed E-state index contributed by atoms with van der Waals surface area (Å²) in [5.74, 6) is 1.63. The van der Waals surface area contributed by atoms with Crippen molar-refractivity contribution in [2.45, 2.75) is 13.2 Å². The first-order valence-corrected chi connectivity index (χ1v) is 9.71. The molecule has 0 aliphatic carbocycles. The van der Waals surface area contributed by atoms with Gasteiger partial charge in [-0.1, -0.05) is 6.08 Å². The van der Waals surface area contributed by atoms with Crippen molar-refractivity contribution in [2.24, 2.45) is 0 Å². The lowest BCUT2D eigenvalue weighted by molar-refractivity contribution is -0.924. The van der Waals surface area contributed by atoms with Crippen LogP contribution in [0.3, 0.4) is 0 Å². The topological polar surface area (TPSA) is 69.1 Å². The maximum absolute atomic E-state index is 5.70. The van der Waals surface area contributed by atoms with Crippen LogP contribution in [0.5, 0.6) is 0 Å². The molecular formula is C19H23N8S+. The second-order valence-corrected chi connectivity index (χ2v) is 7.06. The highest BCUT2D eigenvalue weighted by molar-refractivity contribution is 7.71. The third-order valence-corrected chi connectivity index (χ3v) is 5.26. The van der Waals surface area contributed by atoms with Crippen molar-refractivity contribution in [3.63, 3.8) is 0 Å². The minimum atomic E-state index is 0.623. The van der Waals surface area contributed by atoms with E-state index >= 15 is 0 Å². The van der Waals surface area contributed by atoms with E-state index < -0.39 is 0 Å². The van der Waals surface area contributed by atoms with Crippen molar-refractivity contribution in [3.8, 4) is 11.4 Å². The Balaban J connectivity index is 1.50. The Morgan fingerprint density at radius 2 is 1.93 bits per heavy atom. The quantitative estimate of drug-likeness (QED) is 0.492. The number of hydrogen-bond donors (Lipinski definition) is 1. The molecular weight excluding hydrogens is 372 g/mol. The predicted octanol–water partition coefficient (Wildman–Crippen LogP) is 0.815. The molecule has 1 saturated heterocycles. The standard InChI is InChI=1S/C19H22N8S/c1-2-9-26-17(16-5-3-6-20-14-16)23-27(19(26)28)15-24-10-12-25(13-11-24)18-21-7-4-8-22-18/h2-8,14H,1,9-13,15H2/p+1. The first kappa shape index (κ1) is 18.5. The molecule has 8 nitrogen and oxygen atoms in total. The Hall–Kier alpha value is -2.91. The lowest BCUT2D eigenvalue weighted by Crippen LogP contribution is -3.14. The number of anilines is 1. The van der Waals surface area contributed by atoms with Crippen LogP contribution < -0.4 is 9.80 Å². The molecule has 1 aliphatic heterocycles. The number of aromatic nitrogens is 6. The van der Waals surface area contributed by atoms with E-state index in [1.807, 2.05) is 39.7 Å². The highest BCUT2D eigenvalue weighted by Gasteiger charge is 2.23. The van der Waals surface area contributed by atoms with E-state index in [-0.39, 0.29) is 0 Å². The first-order valence-electron chi connectivity index (χ1n) is 9.30. The van der Waals surface area contributed by atoms with Crippen molar-refractivity contribution in [3.05, 3.63) is 60.4 Å². The normalized spacial score (nSPS) is 14.9. The van der Waals surface area contributed by atoms with Gasteiger partial charge in [0, 0.05) is 36.9 Å². The molecule has 0 unspecified atom stereocenters. The summed E-state index contributed by atoms with van der Waals surface area (Å²) >= 11 is 5.70. The van der Waals surface area contributed by atoms with Crippen molar-refractivity contribution >= 4 is 18.2 Å². The zero-order valence-corrected chi connectivity index (χ0v) is 16.4. The van der Waals surface area contributed by atoms with Gasteiger partial charge in [-0.2, -0.15) is 4.68 Å². The van der Waals surface area contributed by atoms with Crippen LogP contribution in [0, 0.1) is 4.77 Å². The summed E-state index contributed by atoms with van der Waals surface area (Å²) in [4.78, 5) is 16.6. The van der Waals surface area contributed by atoms with Crippen LogP contribution in [0.2, 0.25) is 0 Å². The van der Waals surface area contributed by atoms with Gasteiger partial charge in [-0.3, -0.25) is 9.55 Å². The Bertz CT molecular complexity index is 974. The number of nitrogens with zero attached hydrogens (tertiary/aromatic N) is 7. The molecule has 0 saturated carbocycles. The van der Waals surface area contributed by atoms with Gasteiger partial charge in [0.15, 0.2) is 12.5 Å². The maximum Gasteiger partial charge on any atom is 0.225 e. The van der Waals surface area contributed by atoms with E-state index in [4.69, 9.17) is 17.3 Å². The van der Waals surface area contributed by atoms with Gasteiger partial charge in [0.25, 0.3) is 0 Å². The molecule has 0 radical (unpaired) electrons. The molecule has 0 spiro atoms. The largest absolute Gasteiger partial charge is 0.330 e.